The standard InChI is InChI=1S/C71H124O6/c1-4-7-10-13-16-19-22-25-28-30-31-32-33-34-35-36-37-38-39-40-41-42-44-46-49-52-55-58-61-64-70(73)76-67-68(66-75-69(72)63-60-57-54-51-48-45-27-24-21-18-15-12-9-6-3)77-71(74)65-62-59-56-53-50-47-43-29-26-23-20-17-14-11-8-5-2/h7,10,15-16,18-19,24-25,27-29,31-32,43,68H,4-6,8-9,11-14,17,20-23,26,30,33-42,44-67H2,1-3H3/b10-7-,18-15-,19-16-,27-24-,28-25-,32-31-,43-29-. The van der Waals surface area contributed by atoms with Gasteiger partial charge in [-0.25, -0.2) is 0 Å². The zero-order valence-electron chi connectivity index (χ0n) is 51.0. The summed E-state index contributed by atoms with van der Waals surface area (Å²) in [6, 6.07) is 0. The predicted octanol–water partition coefficient (Wildman–Crippen LogP) is 22.7. The van der Waals surface area contributed by atoms with Gasteiger partial charge in [0, 0.05) is 19.3 Å². The molecule has 0 aliphatic rings. The number of hydrogen-bond donors (Lipinski definition) is 0. The van der Waals surface area contributed by atoms with Crippen molar-refractivity contribution in [2.45, 2.75) is 335 Å². The maximum absolute atomic E-state index is 12.9. The Labute approximate surface area is 477 Å². The van der Waals surface area contributed by atoms with Crippen LogP contribution in [0.4, 0.5) is 0 Å². The van der Waals surface area contributed by atoms with Gasteiger partial charge in [-0.05, 0) is 109 Å². The average Bonchev–Trinajstić information content (AvgIpc) is 3.43. The van der Waals surface area contributed by atoms with Crippen LogP contribution >= 0.6 is 0 Å². The summed E-state index contributed by atoms with van der Waals surface area (Å²) in [4.78, 5) is 38.3. The third-order valence-corrected chi connectivity index (χ3v) is 14.4. The fraction of sp³-hybridized carbons (Fsp3) is 0.761. The first-order chi connectivity index (χ1) is 38.0. The van der Waals surface area contributed by atoms with Gasteiger partial charge in [-0.1, -0.05) is 286 Å². The van der Waals surface area contributed by atoms with Crippen LogP contribution in [0, 0.1) is 0 Å². The highest BCUT2D eigenvalue weighted by Gasteiger charge is 2.19. The molecular formula is C71H124O6. The molecule has 0 aromatic carbocycles. The lowest BCUT2D eigenvalue weighted by atomic mass is 10.0. The molecule has 0 rings (SSSR count). The molecule has 0 aliphatic carbocycles. The molecule has 0 saturated carbocycles. The largest absolute Gasteiger partial charge is 0.462 e. The molecule has 0 amide bonds. The number of carbonyl (C=O) groups excluding carboxylic acids is 3. The van der Waals surface area contributed by atoms with Gasteiger partial charge in [0.2, 0.25) is 0 Å². The summed E-state index contributed by atoms with van der Waals surface area (Å²) in [5, 5.41) is 0. The van der Waals surface area contributed by atoms with Gasteiger partial charge in [-0.3, -0.25) is 14.4 Å². The van der Waals surface area contributed by atoms with Gasteiger partial charge in [0.15, 0.2) is 6.10 Å². The molecule has 0 spiro atoms. The van der Waals surface area contributed by atoms with Crippen molar-refractivity contribution in [3.8, 4) is 0 Å². The van der Waals surface area contributed by atoms with Crippen LogP contribution < -0.4 is 0 Å². The third kappa shape index (κ3) is 63.3. The molecule has 0 fully saturated rings. The van der Waals surface area contributed by atoms with Crippen LogP contribution in [0.2, 0.25) is 0 Å². The van der Waals surface area contributed by atoms with Crippen molar-refractivity contribution in [3.05, 3.63) is 85.1 Å². The molecule has 0 bridgehead atoms. The molecule has 0 aromatic rings. The van der Waals surface area contributed by atoms with Crippen LogP contribution in [0.3, 0.4) is 0 Å². The Morgan fingerprint density at radius 1 is 0.273 bits per heavy atom. The van der Waals surface area contributed by atoms with Gasteiger partial charge in [0.25, 0.3) is 0 Å². The minimum Gasteiger partial charge on any atom is -0.462 e. The Kier molecular flexibility index (Phi) is 62.2. The molecule has 6 nitrogen and oxygen atoms in total. The Balaban J connectivity index is 4.24. The van der Waals surface area contributed by atoms with Gasteiger partial charge in [0.05, 0.1) is 0 Å². The van der Waals surface area contributed by atoms with E-state index < -0.39 is 6.10 Å². The molecule has 0 heterocycles. The summed E-state index contributed by atoms with van der Waals surface area (Å²) >= 11 is 0. The quantitative estimate of drug-likeness (QED) is 0.0261. The van der Waals surface area contributed by atoms with Crippen LogP contribution in [0.5, 0.6) is 0 Å². The molecular weight excluding hydrogens is 949 g/mol. The van der Waals surface area contributed by atoms with Gasteiger partial charge in [-0.2, -0.15) is 0 Å². The molecule has 0 radical (unpaired) electrons. The van der Waals surface area contributed by atoms with Crippen LogP contribution in [-0.2, 0) is 28.6 Å². The Morgan fingerprint density at radius 3 is 0.844 bits per heavy atom. The summed E-state index contributed by atoms with van der Waals surface area (Å²) in [6.07, 6.45) is 86.0. The number of esters is 3. The van der Waals surface area contributed by atoms with E-state index in [4.69, 9.17) is 14.2 Å². The summed E-state index contributed by atoms with van der Waals surface area (Å²) in [6.45, 7) is 6.50. The van der Waals surface area contributed by atoms with E-state index in [2.05, 4.69) is 106 Å². The number of allylic oxidation sites excluding steroid dienone is 14. The Bertz CT molecular complexity index is 1470. The normalized spacial score (nSPS) is 12.6. The number of unbranched alkanes of at least 4 members (excludes halogenated alkanes) is 35. The molecule has 1 unspecified atom stereocenters. The van der Waals surface area contributed by atoms with Crippen molar-refractivity contribution >= 4 is 17.9 Å². The lowest BCUT2D eigenvalue weighted by Gasteiger charge is -2.18. The second kappa shape index (κ2) is 65.1. The van der Waals surface area contributed by atoms with Crippen LogP contribution in [-0.4, -0.2) is 37.2 Å². The second-order valence-corrected chi connectivity index (χ2v) is 22.0. The van der Waals surface area contributed by atoms with E-state index in [1.165, 1.54) is 173 Å². The fourth-order valence-electron chi connectivity index (χ4n) is 9.39. The van der Waals surface area contributed by atoms with Gasteiger partial charge in [0.1, 0.15) is 13.2 Å². The van der Waals surface area contributed by atoms with E-state index in [0.29, 0.717) is 19.3 Å². The summed E-state index contributed by atoms with van der Waals surface area (Å²) in [5.74, 6) is -0.890. The summed E-state index contributed by atoms with van der Waals surface area (Å²) in [5.41, 5.74) is 0. The lowest BCUT2D eigenvalue weighted by Crippen LogP contribution is -2.30. The number of carbonyl (C=O) groups is 3. The molecule has 1 atom stereocenters. The lowest BCUT2D eigenvalue weighted by molar-refractivity contribution is -0.167. The number of ether oxygens (including phenoxy) is 3. The number of hydrogen-bond acceptors (Lipinski definition) is 6. The summed E-state index contributed by atoms with van der Waals surface area (Å²) < 4.78 is 16.9. The molecule has 444 valence electrons. The first-order valence-electron chi connectivity index (χ1n) is 33.1. The fourth-order valence-corrected chi connectivity index (χ4v) is 9.39. The van der Waals surface area contributed by atoms with E-state index in [-0.39, 0.29) is 31.1 Å². The highest BCUT2D eigenvalue weighted by molar-refractivity contribution is 5.71. The monoisotopic (exact) mass is 1070 g/mol. The van der Waals surface area contributed by atoms with Crippen LogP contribution in [0.15, 0.2) is 85.1 Å². The molecule has 77 heavy (non-hydrogen) atoms. The predicted molar refractivity (Wildman–Crippen MR) is 334 cm³/mol. The zero-order chi connectivity index (χ0) is 55.7. The topological polar surface area (TPSA) is 78.9 Å². The van der Waals surface area contributed by atoms with Crippen molar-refractivity contribution in [1.82, 2.24) is 0 Å². The second-order valence-electron chi connectivity index (χ2n) is 22.0. The van der Waals surface area contributed by atoms with Crippen LogP contribution in [0.1, 0.15) is 329 Å². The molecule has 6 heteroatoms. The molecule has 0 aromatic heterocycles. The highest BCUT2D eigenvalue weighted by Crippen LogP contribution is 2.17. The molecule has 0 aliphatic heterocycles. The van der Waals surface area contributed by atoms with Gasteiger partial charge in [-0.15, -0.1) is 0 Å². The highest BCUT2D eigenvalue weighted by atomic mass is 16.6. The number of rotatable bonds is 60. The zero-order valence-corrected chi connectivity index (χ0v) is 51.0. The van der Waals surface area contributed by atoms with E-state index in [1.807, 2.05) is 0 Å². The van der Waals surface area contributed by atoms with Crippen molar-refractivity contribution < 1.29 is 28.6 Å². The van der Waals surface area contributed by atoms with Gasteiger partial charge < -0.3 is 14.2 Å². The van der Waals surface area contributed by atoms with Crippen molar-refractivity contribution in [2.75, 3.05) is 13.2 Å². The SMILES string of the molecule is CC/C=C\C/C=C\C/C=C\C/C=C\CCCCCCCCCCCCCCCCCCC(=O)OCC(COC(=O)CCCCCCC/C=C\C/C=C\CCCC)OC(=O)CCCCCCC/C=C\CCCCCCCCC. The minimum absolute atomic E-state index is 0.0817. The smallest absolute Gasteiger partial charge is 0.306 e. The van der Waals surface area contributed by atoms with E-state index in [1.54, 1.807) is 0 Å². The van der Waals surface area contributed by atoms with Crippen molar-refractivity contribution in [2.24, 2.45) is 0 Å². The van der Waals surface area contributed by atoms with Crippen molar-refractivity contribution in [1.29, 1.82) is 0 Å². The van der Waals surface area contributed by atoms with E-state index in [0.717, 1.165) is 116 Å². The van der Waals surface area contributed by atoms with E-state index >= 15 is 0 Å². The first-order valence-corrected chi connectivity index (χ1v) is 33.1. The Morgan fingerprint density at radius 2 is 0.519 bits per heavy atom. The molecule has 0 saturated heterocycles. The van der Waals surface area contributed by atoms with Gasteiger partial charge >= 0.3 is 17.9 Å². The Hall–Kier alpha value is -3.41. The van der Waals surface area contributed by atoms with Crippen molar-refractivity contribution in [3.63, 3.8) is 0 Å². The maximum Gasteiger partial charge on any atom is 0.306 e. The molecule has 0 N–H and O–H groups in total. The third-order valence-electron chi connectivity index (χ3n) is 14.4. The van der Waals surface area contributed by atoms with Crippen LogP contribution in [0.25, 0.3) is 0 Å². The average molecular weight is 1070 g/mol. The van der Waals surface area contributed by atoms with E-state index in [9.17, 15) is 14.4 Å². The first kappa shape index (κ1) is 73.6. The minimum atomic E-state index is -0.786. The maximum atomic E-state index is 12.9. The summed E-state index contributed by atoms with van der Waals surface area (Å²) in [7, 11) is 0.